The maximum absolute atomic E-state index is 6.01. The first-order valence-electron chi connectivity index (χ1n) is 7.13. The Morgan fingerprint density at radius 3 is 2.76 bits per heavy atom. The van der Waals surface area contributed by atoms with Crippen molar-refractivity contribution >= 4 is 11.6 Å². The standard InChI is InChI=1S/C15H19ClN4O/c1-15(2,20-8-6-17-7-9-20)14-18-13(21-19-14)11-4-3-5-12(16)10-11/h3-5,10,17H,6-9H2,1-2H3. The van der Waals surface area contributed by atoms with Crippen LogP contribution in [0.25, 0.3) is 11.5 Å². The van der Waals surface area contributed by atoms with Crippen LogP contribution in [-0.4, -0.2) is 41.2 Å². The third kappa shape index (κ3) is 2.95. The summed E-state index contributed by atoms with van der Waals surface area (Å²) in [4.78, 5) is 6.94. The monoisotopic (exact) mass is 306 g/mol. The first kappa shape index (κ1) is 14.5. The Morgan fingerprint density at radius 2 is 2.05 bits per heavy atom. The molecule has 1 aliphatic rings. The zero-order valence-electron chi connectivity index (χ0n) is 12.3. The molecule has 2 heterocycles. The van der Waals surface area contributed by atoms with Crippen molar-refractivity contribution in [1.29, 1.82) is 0 Å². The Labute approximate surface area is 129 Å². The van der Waals surface area contributed by atoms with Crippen LogP contribution in [0.5, 0.6) is 0 Å². The van der Waals surface area contributed by atoms with Gasteiger partial charge in [0.25, 0.3) is 5.89 Å². The van der Waals surface area contributed by atoms with E-state index in [1.807, 2.05) is 24.3 Å². The van der Waals surface area contributed by atoms with E-state index in [1.165, 1.54) is 0 Å². The fraction of sp³-hybridized carbons (Fsp3) is 0.467. The van der Waals surface area contributed by atoms with Gasteiger partial charge in [0, 0.05) is 36.8 Å². The number of aromatic nitrogens is 2. The maximum Gasteiger partial charge on any atom is 0.258 e. The molecule has 112 valence electrons. The highest BCUT2D eigenvalue weighted by Crippen LogP contribution is 2.28. The Bertz CT molecular complexity index is 620. The van der Waals surface area contributed by atoms with E-state index < -0.39 is 0 Å². The molecule has 0 unspecified atom stereocenters. The van der Waals surface area contributed by atoms with E-state index in [4.69, 9.17) is 16.1 Å². The van der Waals surface area contributed by atoms with Crippen LogP contribution in [0.2, 0.25) is 5.02 Å². The van der Waals surface area contributed by atoms with Crippen LogP contribution in [-0.2, 0) is 5.54 Å². The molecule has 0 radical (unpaired) electrons. The van der Waals surface area contributed by atoms with E-state index in [-0.39, 0.29) is 5.54 Å². The van der Waals surface area contributed by atoms with Gasteiger partial charge in [0.2, 0.25) is 0 Å². The number of benzene rings is 1. The van der Waals surface area contributed by atoms with E-state index >= 15 is 0 Å². The van der Waals surface area contributed by atoms with Crippen molar-refractivity contribution in [2.24, 2.45) is 0 Å². The molecule has 0 bridgehead atoms. The number of hydrogen-bond donors (Lipinski definition) is 1. The maximum atomic E-state index is 6.01. The minimum absolute atomic E-state index is 0.248. The van der Waals surface area contributed by atoms with E-state index in [9.17, 15) is 0 Å². The van der Waals surface area contributed by atoms with Gasteiger partial charge in [-0.25, -0.2) is 0 Å². The SMILES string of the molecule is CC(C)(c1noc(-c2cccc(Cl)c2)n1)N1CCNCC1. The van der Waals surface area contributed by atoms with Gasteiger partial charge in [-0.15, -0.1) is 0 Å². The predicted octanol–water partition coefficient (Wildman–Crippen LogP) is 2.53. The lowest BCUT2D eigenvalue weighted by atomic mass is 10.0. The Hall–Kier alpha value is -1.43. The van der Waals surface area contributed by atoms with E-state index in [0.29, 0.717) is 16.7 Å². The lowest BCUT2D eigenvalue weighted by Crippen LogP contribution is -2.52. The van der Waals surface area contributed by atoms with Crippen molar-refractivity contribution in [3.8, 4) is 11.5 Å². The summed E-state index contributed by atoms with van der Waals surface area (Å²) in [5.74, 6) is 1.22. The van der Waals surface area contributed by atoms with Crippen LogP contribution >= 0.6 is 11.6 Å². The summed E-state index contributed by atoms with van der Waals surface area (Å²) in [5, 5.41) is 8.19. The van der Waals surface area contributed by atoms with E-state index in [1.54, 1.807) is 0 Å². The van der Waals surface area contributed by atoms with Crippen LogP contribution in [0.1, 0.15) is 19.7 Å². The number of nitrogens with zero attached hydrogens (tertiary/aromatic N) is 3. The molecule has 0 saturated carbocycles. The van der Waals surface area contributed by atoms with Crippen molar-refractivity contribution in [1.82, 2.24) is 20.4 Å². The summed E-state index contributed by atoms with van der Waals surface area (Å²) < 4.78 is 5.42. The molecule has 0 amide bonds. The summed E-state index contributed by atoms with van der Waals surface area (Å²) in [6, 6.07) is 7.45. The molecule has 1 aliphatic heterocycles. The van der Waals surface area contributed by atoms with Gasteiger partial charge >= 0.3 is 0 Å². The van der Waals surface area contributed by atoms with Crippen molar-refractivity contribution in [3.05, 3.63) is 35.1 Å². The van der Waals surface area contributed by atoms with Crippen molar-refractivity contribution < 1.29 is 4.52 Å². The van der Waals surface area contributed by atoms with Gasteiger partial charge < -0.3 is 9.84 Å². The summed E-state index contributed by atoms with van der Waals surface area (Å²) in [6.45, 7) is 8.20. The molecule has 1 N–H and O–H groups in total. The minimum atomic E-state index is -0.248. The Kier molecular flexibility index (Phi) is 3.97. The van der Waals surface area contributed by atoms with Crippen molar-refractivity contribution in [2.45, 2.75) is 19.4 Å². The molecule has 21 heavy (non-hydrogen) atoms. The Balaban J connectivity index is 1.86. The molecule has 6 heteroatoms. The van der Waals surface area contributed by atoms with Gasteiger partial charge in [-0.3, -0.25) is 4.90 Å². The third-order valence-corrected chi connectivity index (χ3v) is 4.19. The third-order valence-electron chi connectivity index (χ3n) is 3.95. The van der Waals surface area contributed by atoms with Gasteiger partial charge in [0.05, 0.1) is 5.54 Å². The van der Waals surface area contributed by atoms with Gasteiger partial charge in [-0.05, 0) is 32.0 Å². The first-order valence-corrected chi connectivity index (χ1v) is 7.51. The molecule has 1 fully saturated rings. The zero-order chi connectivity index (χ0) is 14.9. The second-order valence-electron chi connectivity index (χ2n) is 5.73. The van der Waals surface area contributed by atoms with Crippen LogP contribution in [0, 0.1) is 0 Å². The second-order valence-corrected chi connectivity index (χ2v) is 6.17. The largest absolute Gasteiger partial charge is 0.334 e. The molecule has 0 spiro atoms. The predicted molar refractivity (Wildman–Crippen MR) is 82.2 cm³/mol. The average molecular weight is 307 g/mol. The lowest BCUT2D eigenvalue weighted by molar-refractivity contribution is 0.0925. The number of nitrogens with one attached hydrogen (secondary N) is 1. The highest BCUT2D eigenvalue weighted by atomic mass is 35.5. The van der Waals surface area contributed by atoms with Gasteiger partial charge in [-0.1, -0.05) is 22.8 Å². The lowest BCUT2D eigenvalue weighted by Gasteiger charge is -2.38. The molecule has 2 aromatic rings. The Morgan fingerprint density at radius 1 is 1.29 bits per heavy atom. The van der Waals surface area contributed by atoms with Crippen molar-refractivity contribution in [2.75, 3.05) is 26.2 Å². The molecule has 1 aromatic heterocycles. The molecular weight excluding hydrogens is 288 g/mol. The van der Waals surface area contributed by atoms with Crippen LogP contribution < -0.4 is 5.32 Å². The quantitative estimate of drug-likeness (QED) is 0.944. The van der Waals surface area contributed by atoms with Crippen LogP contribution in [0.4, 0.5) is 0 Å². The normalized spacial score (nSPS) is 17.1. The molecule has 1 saturated heterocycles. The van der Waals surface area contributed by atoms with Crippen LogP contribution in [0.15, 0.2) is 28.8 Å². The number of halogens is 1. The summed E-state index contributed by atoms with van der Waals surface area (Å²) >= 11 is 6.01. The smallest absolute Gasteiger partial charge is 0.258 e. The van der Waals surface area contributed by atoms with Gasteiger partial charge in [0.15, 0.2) is 5.82 Å². The zero-order valence-corrected chi connectivity index (χ0v) is 13.0. The average Bonchev–Trinajstić information content (AvgIpc) is 2.99. The topological polar surface area (TPSA) is 54.2 Å². The minimum Gasteiger partial charge on any atom is -0.334 e. The van der Waals surface area contributed by atoms with Gasteiger partial charge in [0.1, 0.15) is 0 Å². The summed E-state index contributed by atoms with van der Waals surface area (Å²) in [5.41, 5.74) is 0.597. The number of piperazine rings is 1. The number of hydrogen-bond acceptors (Lipinski definition) is 5. The second kappa shape index (κ2) is 5.75. The molecule has 3 rings (SSSR count). The fourth-order valence-electron chi connectivity index (χ4n) is 2.58. The van der Waals surface area contributed by atoms with Gasteiger partial charge in [-0.2, -0.15) is 4.98 Å². The summed E-state index contributed by atoms with van der Waals surface area (Å²) in [6.07, 6.45) is 0. The van der Waals surface area contributed by atoms with Crippen molar-refractivity contribution in [3.63, 3.8) is 0 Å². The van der Waals surface area contributed by atoms with Crippen LogP contribution in [0.3, 0.4) is 0 Å². The number of rotatable bonds is 3. The molecule has 1 aromatic carbocycles. The molecule has 0 atom stereocenters. The highest BCUT2D eigenvalue weighted by Gasteiger charge is 2.34. The van der Waals surface area contributed by atoms with E-state index in [2.05, 4.69) is 34.2 Å². The first-order chi connectivity index (χ1) is 10.1. The molecular formula is C15H19ClN4O. The van der Waals surface area contributed by atoms with E-state index in [0.717, 1.165) is 31.7 Å². The fourth-order valence-corrected chi connectivity index (χ4v) is 2.77. The molecule has 0 aliphatic carbocycles. The molecule has 5 nitrogen and oxygen atoms in total. The highest BCUT2D eigenvalue weighted by molar-refractivity contribution is 6.30. The summed E-state index contributed by atoms with van der Waals surface area (Å²) in [7, 11) is 0.